The molecule has 0 aliphatic carbocycles. The maximum absolute atomic E-state index is 9.31. The van der Waals surface area contributed by atoms with Gasteiger partial charge < -0.3 is 30.9 Å². The summed E-state index contributed by atoms with van der Waals surface area (Å²) in [5, 5.41) is 36.1. The molecule has 1 fully saturated rings. The van der Waals surface area contributed by atoms with E-state index in [2.05, 4.69) is 0 Å². The Labute approximate surface area is 244 Å². The number of ether oxygens (including phenoxy) is 1. The normalized spacial score (nSPS) is 35.5. The van der Waals surface area contributed by atoms with Crippen molar-refractivity contribution in [2.75, 3.05) is 13.2 Å². The molecule has 0 bridgehead atoms. The van der Waals surface area contributed by atoms with E-state index >= 15 is 0 Å². The van der Waals surface area contributed by atoms with Gasteiger partial charge in [-0.2, -0.15) is 0 Å². The van der Waals surface area contributed by atoms with E-state index in [0.717, 1.165) is 0 Å². The first-order valence-electron chi connectivity index (χ1n) is 4.06. The van der Waals surface area contributed by atoms with Crippen molar-refractivity contribution in [2.24, 2.45) is 0 Å². The van der Waals surface area contributed by atoms with Crippen molar-refractivity contribution in [1.82, 2.24) is 0 Å². The summed E-state index contributed by atoms with van der Waals surface area (Å²) in [5.41, 5.74) is 7.35. The molecular formula is C7H14Ac4NO5-. The molecule has 4 radical (unpaired) electrons. The predicted octanol–water partition coefficient (Wildman–Crippen LogP) is -2.12. The van der Waals surface area contributed by atoms with E-state index in [1.54, 1.807) is 0 Å². The van der Waals surface area contributed by atoms with Crippen LogP contribution >= 0.6 is 0 Å². The minimum absolute atomic E-state index is 0. The standard InChI is InChI=1S/C7H14NO5.4Ac/c8-5-3(1-9)13-4(2-10)6(11)7(5)12;;;;/h3-12H,1-2H2;;;;/q-1;;;;/t3-,4?,5?,6?,7?;;;;/m1..../s1. The molecule has 4 unspecified atom stereocenters. The molecule has 1 aliphatic rings. The Morgan fingerprint density at radius 3 is 1.59 bits per heavy atom. The number of nitrogens with one attached hydrogen (secondary N) is 1. The molecule has 0 saturated carbocycles. The molecule has 5 atom stereocenters. The first kappa shape index (κ1) is 30.4. The zero-order chi connectivity index (χ0) is 10.0. The fraction of sp³-hybridized carbons (Fsp3) is 1.00. The number of aliphatic hydroxyl groups is 4. The average molecular weight is 1100 g/mol. The monoisotopic (exact) mass is 1100 g/mol. The largest absolute Gasteiger partial charge is 0.670 e. The fourth-order valence-electron chi connectivity index (χ4n) is 1.35. The maximum Gasteiger partial charge on any atom is 0.109 e. The van der Waals surface area contributed by atoms with Crippen molar-refractivity contribution in [3.8, 4) is 0 Å². The Bertz CT molecular complexity index is 160. The van der Waals surface area contributed by atoms with Gasteiger partial charge in [0.2, 0.25) is 0 Å². The molecule has 0 spiro atoms. The van der Waals surface area contributed by atoms with Gasteiger partial charge in [-0.05, 0) is 0 Å². The SMILES string of the molecule is [Ac].[Ac].[Ac].[Ac].[NH-]C1C(O)C(O)C(CO)O[C@@H]1CO. The molecule has 0 amide bonds. The molecule has 17 heavy (non-hydrogen) atoms. The van der Waals surface area contributed by atoms with Crippen molar-refractivity contribution < 1.29 is 201 Å². The van der Waals surface area contributed by atoms with E-state index in [0.29, 0.717) is 0 Å². The van der Waals surface area contributed by atoms with Crippen LogP contribution in [0.5, 0.6) is 0 Å². The van der Waals surface area contributed by atoms with Crippen LogP contribution in [-0.4, -0.2) is 64.1 Å². The summed E-state index contributed by atoms with van der Waals surface area (Å²) in [7, 11) is 0. The van der Waals surface area contributed by atoms with Crippen LogP contribution in [0.25, 0.3) is 5.73 Å². The Kier molecular flexibility index (Phi) is 29.3. The summed E-state index contributed by atoms with van der Waals surface area (Å²) in [6, 6.07) is -1.08. The zero-order valence-corrected chi connectivity index (χ0v) is 28.3. The molecule has 0 aromatic rings. The summed E-state index contributed by atoms with van der Waals surface area (Å²) >= 11 is 0. The van der Waals surface area contributed by atoms with E-state index in [4.69, 9.17) is 20.7 Å². The summed E-state index contributed by atoms with van der Waals surface area (Å²) in [6.07, 6.45) is -4.33. The van der Waals surface area contributed by atoms with Crippen LogP contribution in [0.1, 0.15) is 0 Å². The van der Waals surface area contributed by atoms with Crippen LogP contribution in [0.4, 0.5) is 0 Å². The molecular weight excluding hydrogens is 1090 g/mol. The van der Waals surface area contributed by atoms with E-state index in [1.807, 2.05) is 0 Å². The first-order valence-corrected chi connectivity index (χ1v) is 4.06. The minimum atomic E-state index is -1.29. The van der Waals surface area contributed by atoms with Crippen molar-refractivity contribution in [3.63, 3.8) is 0 Å². The van der Waals surface area contributed by atoms with Crippen LogP contribution in [0.2, 0.25) is 0 Å². The third-order valence-electron chi connectivity index (χ3n) is 2.21. The Balaban J connectivity index is -0.000000211. The topological polar surface area (TPSA) is 114 Å². The van der Waals surface area contributed by atoms with Crippen LogP contribution in [-0.2, 0) is 4.74 Å². The zero-order valence-electron chi connectivity index (χ0n) is 9.31. The third-order valence-corrected chi connectivity index (χ3v) is 2.21. The molecule has 10 heteroatoms. The van der Waals surface area contributed by atoms with Crippen molar-refractivity contribution in [3.05, 3.63) is 5.73 Å². The average Bonchev–Trinajstić information content (AvgIpc) is 2.15. The van der Waals surface area contributed by atoms with E-state index in [-0.39, 0.29) is 176 Å². The van der Waals surface area contributed by atoms with E-state index in [9.17, 15) is 10.2 Å². The van der Waals surface area contributed by atoms with Crippen molar-refractivity contribution >= 4 is 0 Å². The molecule has 1 aliphatic heterocycles. The van der Waals surface area contributed by atoms with E-state index in [1.165, 1.54) is 0 Å². The number of rotatable bonds is 2. The van der Waals surface area contributed by atoms with Crippen LogP contribution in [0.15, 0.2) is 0 Å². The number of hydrogen-bond donors (Lipinski definition) is 4. The summed E-state index contributed by atoms with van der Waals surface area (Å²) in [4.78, 5) is 0. The van der Waals surface area contributed by atoms with Gasteiger partial charge >= 0.3 is 0 Å². The fourth-order valence-corrected chi connectivity index (χ4v) is 1.35. The molecule has 0 aromatic heterocycles. The Morgan fingerprint density at radius 1 is 0.824 bits per heavy atom. The van der Waals surface area contributed by atoms with Crippen LogP contribution in [0, 0.1) is 176 Å². The number of hydrogen-bond acceptors (Lipinski definition) is 5. The van der Waals surface area contributed by atoms with E-state index < -0.39 is 43.7 Å². The third kappa shape index (κ3) is 9.41. The van der Waals surface area contributed by atoms with Gasteiger partial charge in [0, 0.05) is 176 Å². The second-order valence-electron chi connectivity index (χ2n) is 3.09. The van der Waals surface area contributed by atoms with Gasteiger partial charge in [-0.25, -0.2) is 0 Å². The van der Waals surface area contributed by atoms with Gasteiger partial charge in [0.25, 0.3) is 0 Å². The molecule has 6 nitrogen and oxygen atoms in total. The first-order chi connectivity index (χ1) is 6.11. The number of aliphatic hydroxyl groups excluding tert-OH is 4. The maximum atomic E-state index is 9.31. The molecule has 1 saturated heterocycles. The summed E-state index contributed by atoms with van der Waals surface area (Å²) < 4.78 is 4.98. The van der Waals surface area contributed by atoms with Crippen LogP contribution in [0.3, 0.4) is 0 Å². The molecule has 1 heterocycles. The molecule has 0 aromatic carbocycles. The molecule has 1 rings (SSSR count). The van der Waals surface area contributed by atoms with Gasteiger partial charge in [0.1, 0.15) is 12.2 Å². The Hall–Kier alpha value is 5.53. The quantitative estimate of drug-likeness (QED) is 0.253. The smallest absolute Gasteiger partial charge is 0.109 e. The van der Waals surface area contributed by atoms with Gasteiger partial charge in [-0.1, -0.05) is 6.04 Å². The minimum Gasteiger partial charge on any atom is -0.670 e. The van der Waals surface area contributed by atoms with Crippen molar-refractivity contribution in [2.45, 2.75) is 30.5 Å². The van der Waals surface area contributed by atoms with Crippen LogP contribution < -0.4 is 0 Å². The van der Waals surface area contributed by atoms with Crippen molar-refractivity contribution in [1.29, 1.82) is 0 Å². The second kappa shape index (κ2) is 16.4. The predicted molar refractivity (Wildman–Crippen MR) is 43.0 cm³/mol. The van der Waals surface area contributed by atoms with Gasteiger partial charge in [-0.3, -0.25) is 0 Å². The summed E-state index contributed by atoms with van der Waals surface area (Å²) in [6.45, 7) is -0.851. The molecule has 90 valence electrons. The van der Waals surface area contributed by atoms with Gasteiger partial charge in [0.15, 0.2) is 0 Å². The Morgan fingerprint density at radius 2 is 1.24 bits per heavy atom. The van der Waals surface area contributed by atoms with Gasteiger partial charge in [-0.15, -0.1) is 0 Å². The molecule has 5 N–H and O–H groups in total. The van der Waals surface area contributed by atoms with Gasteiger partial charge in [0.05, 0.1) is 25.4 Å². The summed E-state index contributed by atoms with van der Waals surface area (Å²) in [5.74, 6) is 0. The second-order valence-corrected chi connectivity index (χ2v) is 3.09.